The molecule has 2 rings (SSSR count). The van der Waals surface area contributed by atoms with Crippen LogP contribution >= 0.6 is 0 Å². The monoisotopic (exact) mass is 179 g/mol. The van der Waals surface area contributed by atoms with Gasteiger partial charge in [-0.3, -0.25) is 0 Å². The highest BCUT2D eigenvalue weighted by Crippen LogP contribution is 2.42. The molecule has 0 N–H and O–H groups in total. The predicted octanol–water partition coefficient (Wildman–Crippen LogP) is 3.46. The summed E-state index contributed by atoms with van der Waals surface area (Å²) < 4.78 is 5.06. The molecule has 2 heteroatoms. The van der Waals surface area contributed by atoms with E-state index >= 15 is 0 Å². The zero-order chi connectivity index (χ0) is 9.26. The summed E-state index contributed by atoms with van der Waals surface area (Å²) in [6.45, 7) is 4.49. The third-order valence-corrected chi connectivity index (χ3v) is 2.84. The van der Waals surface area contributed by atoms with Crippen molar-refractivity contribution in [1.29, 1.82) is 0 Å². The average Bonchev–Trinajstić information content (AvgIpc) is 2.84. The van der Waals surface area contributed by atoms with E-state index in [0.29, 0.717) is 11.8 Å². The zero-order valence-electron chi connectivity index (χ0n) is 8.42. The van der Waals surface area contributed by atoms with Crippen LogP contribution in [0.25, 0.3) is 0 Å². The van der Waals surface area contributed by atoms with Gasteiger partial charge in [-0.1, -0.05) is 25.4 Å². The van der Waals surface area contributed by atoms with Gasteiger partial charge in [-0.15, -0.1) is 0 Å². The summed E-state index contributed by atoms with van der Waals surface area (Å²) in [6.07, 6.45) is 6.92. The summed E-state index contributed by atoms with van der Waals surface area (Å²) in [4.78, 5) is 0. The lowest BCUT2D eigenvalue weighted by molar-refractivity contribution is 0.411. The Morgan fingerprint density at radius 3 is 3.00 bits per heavy atom. The van der Waals surface area contributed by atoms with Gasteiger partial charge in [0, 0.05) is 11.5 Å². The number of hydrogen-bond donors (Lipinski definition) is 0. The molecule has 2 nitrogen and oxygen atoms in total. The molecule has 0 aromatic carbocycles. The van der Waals surface area contributed by atoms with Crippen LogP contribution in [0.4, 0.5) is 0 Å². The Labute approximate surface area is 79.3 Å². The Morgan fingerprint density at radius 1 is 1.62 bits per heavy atom. The highest BCUT2D eigenvalue weighted by Gasteiger charge is 2.30. The Hall–Kier alpha value is -0.790. The molecule has 1 aromatic heterocycles. The lowest BCUT2D eigenvalue weighted by Gasteiger charge is -2.07. The Bertz CT molecular complexity index is 275. The molecule has 0 aliphatic heterocycles. The second-order valence-corrected chi connectivity index (χ2v) is 4.12. The van der Waals surface area contributed by atoms with Crippen molar-refractivity contribution < 1.29 is 4.52 Å². The number of rotatable bonds is 4. The summed E-state index contributed by atoms with van der Waals surface area (Å²) in [5, 5.41) is 4.11. The van der Waals surface area contributed by atoms with Crippen molar-refractivity contribution >= 4 is 0 Å². The van der Waals surface area contributed by atoms with Crippen LogP contribution in [0.5, 0.6) is 0 Å². The smallest absolute Gasteiger partial charge is 0.127 e. The Kier molecular flexibility index (Phi) is 2.38. The van der Waals surface area contributed by atoms with Gasteiger partial charge in [-0.05, 0) is 25.2 Å². The standard InChI is InChI=1S/C11H17NO/c1-3-4-8(2)10-7-13-12-11(10)9-5-6-9/h7-9H,3-6H2,1-2H3. The molecule has 1 aliphatic carbocycles. The molecular formula is C11H17NO. The molecule has 72 valence electrons. The van der Waals surface area contributed by atoms with Gasteiger partial charge >= 0.3 is 0 Å². The minimum atomic E-state index is 0.617. The number of nitrogens with zero attached hydrogens (tertiary/aromatic N) is 1. The lowest BCUT2D eigenvalue weighted by Crippen LogP contribution is -1.95. The van der Waals surface area contributed by atoms with E-state index in [2.05, 4.69) is 19.0 Å². The first kappa shape index (κ1) is 8.79. The summed E-state index contributed by atoms with van der Waals surface area (Å²) in [6, 6.07) is 0. The van der Waals surface area contributed by atoms with Gasteiger partial charge in [0.2, 0.25) is 0 Å². The first-order valence-electron chi connectivity index (χ1n) is 5.27. The van der Waals surface area contributed by atoms with Crippen LogP contribution in [-0.2, 0) is 0 Å². The van der Waals surface area contributed by atoms with E-state index in [1.54, 1.807) is 0 Å². The fourth-order valence-corrected chi connectivity index (χ4v) is 1.88. The number of hydrogen-bond acceptors (Lipinski definition) is 2. The molecular weight excluding hydrogens is 162 g/mol. The average molecular weight is 179 g/mol. The summed E-state index contributed by atoms with van der Waals surface area (Å²) in [7, 11) is 0. The SMILES string of the molecule is CCCC(C)c1conc1C1CC1. The quantitative estimate of drug-likeness (QED) is 0.707. The molecule has 1 heterocycles. The van der Waals surface area contributed by atoms with Gasteiger partial charge < -0.3 is 4.52 Å². The summed E-state index contributed by atoms with van der Waals surface area (Å²) in [5.41, 5.74) is 2.59. The largest absolute Gasteiger partial charge is 0.364 e. The Balaban J connectivity index is 2.13. The topological polar surface area (TPSA) is 26.0 Å². The molecule has 1 aliphatic rings. The molecule has 0 radical (unpaired) electrons. The van der Waals surface area contributed by atoms with E-state index in [-0.39, 0.29) is 0 Å². The van der Waals surface area contributed by atoms with E-state index < -0.39 is 0 Å². The fraction of sp³-hybridized carbons (Fsp3) is 0.727. The second kappa shape index (κ2) is 3.52. The molecule has 0 saturated heterocycles. The molecule has 1 atom stereocenters. The molecule has 1 unspecified atom stereocenters. The maximum Gasteiger partial charge on any atom is 0.127 e. The van der Waals surface area contributed by atoms with Crippen LogP contribution in [0.2, 0.25) is 0 Å². The van der Waals surface area contributed by atoms with Crippen molar-refractivity contribution in [3.05, 3.63) is 17.5 Å². The van der Waals surface area contributed by atoms with Crippen LogP contribution in [0.1, 0.15) is 62.6 Å². The van der Waals surface area contributed by atoms with Crippen molar-refractivity contribution in [2.24, 2.45) is 0 Å². The van der Waals surface area contributed by atoms with Gasteiger partial charge in [-0.25, -0.2) is 0 Å². The van der Waals surface area contributed by atoms with E-state index in [4.69, 9.17) is 4.52 Å². The van der Waals surface area contributed by atoms with Crippen molar-refractivity contribution in [2.75, 3.05) is 0 Å². The minimum Gasteiger partial charge on any atom is -0.364 e. The Morgan fingerprint density at radius 2 is 2.38 bits per heavy atom. The van der Waals surface area contributed by atoms with Gasteiger partial charge in [-0.2, -0.15) is 0 Å². The number of aromatic nitrogens is 1. The summed E-state index contributed by atoms with van der Waals surface area (Å²) in [5.74, 6) is 1.33. The highest BCUT2D eigenvalue weighted by atomic mass is 16.5. The third kappa shape index (κ3) is 1.77. The molecule has 13 heavy (non-hydrogen) atoms. The van der Waals surface area contributed by atoms with Gasteiger partial charge in [0.25, 0.3) is 0 Å². The molecule has 1 saturated carbocycles. The maximum atomic E-state index is 5.06. The van der Waals surface area contributed by atoms with E-state index in [0.717, 1.165) is 0 Å². The van der Waals surface area contributed by atoms with E-state index in [9.17, 15) is 0 Å². The fourth-order valence-electron chi connectivity index (χ4n) is 1.88. The van der Waals surface area contributed by atoms with Crippen LogP contribution in [-0.4, -0.2) is 5.16 Å². The van der Waals surface area contributed by atoms with Crippen LogP contribution in [0.15, 0.2) is 10.8 Å². The predicted molar refractivity (Wildman–Crippen MR) is 51.8 cm³/mol. The molecule has 1 fully saturated rings. The van der Waals surface area contributed by atoms with Crippen LogP contribution in [0, 0.1) is 0 Å². The van der Waals surface area contributed by atoms with E-state index in [1.807, 2.05) is 6.26 Å². The van der Waals surface area contributed by atoms with Gasteiger partial charge in [0.15, 0.2) is 0 Å². The van der Waals surface area contributed by atoms with E-state index in [1.165, 1.54) is 36.9 Å². The van der Waals surface area contributed by atoms with Crippen LogP contribution < -0.4 is 0 Å². The molecule has 0 amide bonds. The summed E-state index contributed by atoms with van der Waals surface area (Å²) >= 11 is 0. The van der Waals surface area contributed by atoms with Crippen molar-refractivity contribution in [3.63, 3.8) is 0 Å². The lowest BCUT2D eigenvalue weighted by atomic mass is 9.96. The maximum absolute atomic E-state index is 5.06. The first-order valence-corrected chi connectivity index (χ1v) is 5.27. The highest BCUT2D eigenvalue weighted by molar-refractivity contribution is 5.26. The first-order chi connectivity index (χ1) is 6.33. The van der Waals surface area contributed by atoms with Crippen molar-refractivity contribution in [3.8, 4) is 0 Å². The molecule has 0 spiro atoms. The van der Waals surface area contributed by atoms with Crippen LogP contribution in [0.3, 0.4) is 0 Å². The molecule has 1 aromatic rings. The normalized spacial score (nSPS) is 18.9. The van der Waals surface area contributed by atoms with Crippen molar-refractivity contribution in [1.82, 2.24) is 5.16 Å². The second-order valence-electron chi connectivity index (χ2n) is 4.12. The third-order valence-electron chi connectivity index (χ3n) is 2.84. The van der Waals surface area contributed by atoms with Gasteiger partial charge in [0.05, 0.1) is 5.69 Å². The van der Waals surface area contributed by atoms with Crippen molar-refractivity contribution in [2.45, 2.75) is 51.4 Å². The zero-order valence-corrected chi connectivity index (χ0v) is 8.42. The molecule has 0 bridgehead atoms. The van der Waals surface area contributed by atoms with Gasteiger partial charge in [0.1, 0.15) is 6.26 Å². The minimum absolute atomic E-state index is 0.617.